The van der Waals surface area contributed by atoms with Gasteiger partial charge in [0.15, 0.2) is 0 Å². The van der Waals surface area contributed by atoms with Crippen molar-refractivity contribution in [2.75, 3.05) is 7.11 Å². The van der Waals surface area contributed by atoms with E-state index in [1.165, 1.54) is 11.6 Å². The maximum Gasteiger partial charge on any atom is 0.293 e. The molecule has 0 bridgehead atoms. The summed E-state index contributed by atoms with van der Waals surface area (Å²) < 4.78 is 5.20. The van der Waals surface area contributed by atoms with Crippen LogP contribution in [0.1, 0.15) is 30.4 Å². The Morgan fingerprint density at radius 2 is 1.96 bits per heavy atom. The highest BCUT2D eigenvalue weighted by Crippen LogP contribution is 2.36. The number of nitrogens with zero attached hydrogens (tertiary/aromatic N) is 1. The lowest BCUT2D eigenvalue weighted by Gasteiger charge is -2.15. The van der Waals surface area contributed by atoms with Gasteiger partial charge in [-0.2, -0.15) is 0 Å². The third-order valence-corrected chi connectivity index (χ3v) is 4.22. The van der Waals surface area contributed by atoms with Gasteiger partial charge in [0.05, 0.1) is 12.0 Å². The van der Waals surface area contributed by atoms with Crippen molar-refractivity contribution in [3.05, 3.63) is 69.9 Å². The van der Waals surface area contributed by atoms with E-state index in [1.807, 2.05) is 36.5 Å². The summed E-state index contributed by atoms with van der Waals surface area (Å²) in [5.41, 5.74) is 2.94. The molecule has 5 heteroatoms. The van der Waals surface area contributed by atoms with E-state index >= 15 is 0 Å². The molecule has 0 amide bonds. The third kappa shape index (κ3) is 2.65. The first-order chi connectivity index (χ1) is 11.2. The molecule has 118 valence electrons. The SMILES string of the molecule is CCC(c1ccc(OC)cc1)c1c[nH]c2c([N+](=O)[O-])cccc12. The molecule has 0 radical (unpaired) electrons. The molecule has 5 nitrogen and oxygen atoms in total. The molecule has 1 heterocycles. The number of hydrogen-bond donors (Lipinski definition) is 1. The summed E-state index contributed by atoms with van der Waals surface area (Å²) in [6.07, 6.45) is 2.79. The Labute approximate surface area is 134 Å². The first-order valence-electron chi connectivity index (χ1n) is 7.54. The number of nitro benzene ring substituents is 1. The predicted molar refractivity (Wildman–Crippen MR) is 90.1 cm³/mol. The minimum atomic E-state index is -0.350. The van der Waals surface area contributed by atoms with Gasteiger partial charge in [0.1, 0.15) is 11.3 Å². The number of nitro groups is 1. The van der Waals surface area contributed by atoms with Crippen LogP contribution in [-0.2, 0) is 0 Å². The first-order valence-corrected chi connectivity index (χ1v) is 7.54. The molecular formula is C18H18N2O3. The second-order valence-electron chi connectivity index (χ2n) is 5.43. The predicted octanol–water partition coefficient (Wildman–Crippen LogP) is 4.63. The van der Waals surface area contributed by atoms with Crippen molar-refractivity contribution in [2.45, 2.75) is 19.3 Å². The first kappa shape index (κ1) is 15.1. The van der Waals surface area contributed by atoms with Gasteiger partial charge in [0.2, 0.25) is 0 Å². The van der Waals surface area contributed by atoms with Crippen molar-refractivity contribution < 1.29 is 9.66 Å². The molecule has 0 spiro atoms. The zero-order valence-corrected chi connectivity index (χ0v) is 13.1. The van der Waals surface area contributed by atoms with Gasteiger partial charge in [-0.05, 0) is 29.7 Å². The number of ether oxygens (including phenoxy) is 1. The highest BCUT2D eigenvalue weighted by molar-refractivity contribution is 5.91. The van der Waals surface area contributed by atoms with E-state index in [2.05, 4.69) is 11.9 Å². The highest BCUT2D eigenvalue weighted by atomic mass is 16.6. The number of H-pyrrole nitrogens is 1. The Kier molecular flexibility index (Phi) is 4.02. The number of hydrogen-bond acceptors (Lipinski definition) is 3. The van der Waals surface area contributed by atoms with E-state index in [-0.39, 0.29) is 16.5 Å². The summed E-state index contributed by atoms with van der Waals surface area (Å²) in [4.78, 5) is 13.9. The highest BCUT2D eigenvalue weighted by Gasteiger charge is 2.20. The molecule has 0 aliphatic rings. The van der Waals surface area contributed by atoms with Crippen LogP contribution in [0.5, 0.6) is 5.75 Å². The summed E-state index contributed by atoms with van der Waals surface area (Å²) in [6, 6.07) is 13.2. The molecule has 0 aliphatic heterocycles. The van der Waals surface area contributed by atoms with Gasteiger partial charge in [-0.1, -0.05) is 31.2 Å². The van der Waals surface area contributed by atoms with E-state index in [1.54, 1.807) is 13.2 Å². The van der Waals surface area contributed by atoms with Crippen LogP contribution in [0.4, 0.5) is 5.69 Å². The molecular weight excluding hydrogens is 292 g/mol. The molecule has 2 aromatic carbocycles. The monoisotopic (exact) mass is 310 g/mol. The zero-order chi connectivity index (χ0) is 16.4. The van der Waals surface area contributed by atoms with Gasteiger partial charge >= 0.3 is 0 Å². The minimum Gasteiger partial charge on any atom is -0.497 e. The van der Waals surface area contributed by atoms with Gasteiger partial charge in [-0.25, -0.2) is 0 Å². The topological polar surface area (TPSA) is 68.2 Å². The number of benzene rings is 2. The van der Waals surface area contributed by atoms with Crippen LogP contribution < -0.4 is 4.74 Å². The van der Waals surface area contributed by atoms with Crippen molar-refractivity contribution in [1.29, 1.82) is 0 Å². The number of rotatable bonds is 5. The lowest BCUT2D eigenvalue weighted by Crippen LogP contribution is -1.99. The summed E-state index contributed by atoms with van der Waals surface area (Å²) >= 11 is 0. The van der Waals surface area contributed by atoms with Gasteiger partial charge in [-0.15, -0.1) is 0 Å². The maximum atomic E-state index is 11.2. The van der Waals surface area contributed by atoms with E-state index in [9.17, 15) is 10.1 Å². The van der Waals surface area contributed by atoms with E-state index in [0.29, 0.717) is 5.52 Å². The molecule has 1 unspecified atom stereocenters. The van der Waals surface area contributed by atoms with E-state index in [4.69, 9.17) is 4.74 Å². The largest absolute Gasteiger partial charge is 0.497 e. The van der Waals surface area contributed by atoms with Crippen molar-refractivity contribution in [3.63, 3.8) is 0 Å². The number of aromatic nitrogens is 1. The quantitative estimate of drug-likeness (QED) is 0.552. The van der Waals surface area contributed by atoms with Crippen LogP contribution in [-0.4, -0.2) is 17.0 Å². The van der Waals surface area contributed by atoms with Crippen LogP contribution in [0, 0.1) is 10.1 Å². The number of nitrogens with one attached hydrogen (secondary N) is 1. The number of para-hydroxylation sites is 1. The maximum absolute atomic E-state index is 11.2. The molecule has 23 heavy (non-hydrogen) atoms. The summed E-state index contributed by atoms with van der Waals surface area (Å²) in [6.45, 7) is 2.12. The Morgan fingerprint density at radius 1 is 1.22 bits per heavy atom. The summed E-state index contributed by atoms with van der Waals surface area (Å²) in [7, 11) is 1.64. The number of non-ortho nitro benzene ring substituents is 1. The second kappa shape index (κ2) is 6.12. The normalized spacial score (nSPS) is 12.3. The van der Waals surface area contributed by atoms with E-state index < -0.39 is 0 Å². The average Bonchev–Trinajstić information content (AvgIpc) is 3.00. The second-order valence-corrected chi connectivity index (χ2v) is 5.43. The van der Waals surface area contributed by atoms with Gasteiger partial charge < -0.3 is 9.72 Å². The lowest BCUT2D eigenvalue weighted by molar-refractivity contribution is -0.383. The number of fused-ring (bicyclic) bond motifs is 1. The standard InChI is InChI=1S/C18H18N2O3/c1-3-14(12-7-9-13(23-2)10-8-12)16-11-19-18-15(16)5-4-6-17(18)20(21)22/h4-11,14,19H,3H2,1-2H3. The Morgan fingerprint density at radius 3 is 2.57 bits per heavy atom. The smallest absolute Gasteiger partial charge is 0.293 e. The fraction of sp³-hybridized carbons (Fsp3) is 0.222. The summed E-state index contributed by atoms with van der Waals surface area (Å²) in [5, 5.41) is 12.1. The van der Waals surface area contributed by atoms with Crippen LogP contribution in [0.3, 0.4) is 0 Å². The Hall–Kier alpha value is -2.82. The molecule has 0 saturated carbocycles. The zero-order valence-electron chi connectivity index (χ0n) is 13.1. The minimum absolute atomic E-state index is 0.110. The van der Waals surface area contributed by atoms with E-state index in [0.717, 1.165) is 23.1 Å². The molecule has 1 aromatic heterocycles. The molecule has 1 atom stereocenters. The van der Waals surface area contributed by atoms with Crippen LogP contribution in [0.25, 0.3) is 10.9 Å². The Bertz CT molecular complexity index is 837. The van der Waals surface area contributed by atoms with Crippen molar-refractivity contribution in [3.8, 4) is 5.75 Å². The van der Waals surface area contributed by atoms with Gasteiger partial charge in [0.25, 0.3) is 5.69 Å². The van der Waals surface area contributed by atoms with Gasteiger partial charge in [-0.3, -0.25) is 10.1 Å². The van der Waals surface area contributed by atoms with Crippen molar-refractivity contribution in [1.82, 2.24) is 4.98 Å². The molecule has 0 fully saturated rings. The van der Waals surface area contributed by atoms with Crippen molar-refractivity contribution >= 4 is 16.6 Å². The molecule has 0 saturated heterocycles. The average molecular weight is 310 g/mol. The fourth-order valence-electron chi connectivity index (χ4n) is 3.07. The van der Waals surface area contributed by atoms with Crippen LogP contribution >= 0.6 is 0 Å². The summed E-state index contributed by atoms with van der Waals surface area (Å²) in [5.74, 6) is 0.995. The third-order valence-electron chi connectivity index (χ3n) is 4.22. The molecule has 3 rings (SSSR count). The number of methoxy groups -OCH3 is 1. The molecule has 3 aromatic rings. The molecule has 1 N–H and O–H groups in total. The lowest BCUT2D eigenvalue weighted by atomic mass is 9.89. The van der Waals surface area contributed by atoms with Gasteiger partial charge in [0, 0.05) is 23.6 Å². The molecule has 0 aliphatic carbocycles. The van der Waals surface area contributed by atoms with Crippen LogP contribution in [0.2, 0.25) is 0 Å². The number of aromatic amines is 1. The van der Waals surface area contributed by atoms with Crippen LogP contribution in [0.15, 0.2) is 48.7 Å². The fourth-order valence-corrected chi connectivity index (χ4v) is 3.07. The Balaban J connectivity index is 2.09. The van der Waals surface area contributed by atoms with Crippen molar-refractivity contribution in [2.24, 2.45) is 0 Å².